The van der Waals surface area contributed by atoms with Crippen molar-refractivity contribution in [1.29, 1.82) is 0 Å². The Hall–Kier alpha value is -1.59. The molecule has 54 heavy (non-hydrogen) atoms. The van der Waals surface area contributed by atoms with E-state index in [1.54, 1.807) is 0 Å². The highest BCUT2D eigenvalue weighted by Gasteiger charge is 2.19. The first-order valence-corrected chi connectivity index (χ1v) is 24.0. The first-order valence-electron chi connectivity index (χ1n) is 24.0. The molecule has 0 radical (unpaired) electrons. The van der Waals surface area contributed by atoms with Crippen molar-refractivity contribution in [3.63, 3.8) is 0 Å². The second kappa shape index (κ2) is 44.1. The van der Waals surface area contributed by atoms with Crippen molar-refractivity contribution in [2.24, 2.45) is 0 Å². The predicted molar refractivity (Wildman–Crippen MR) is 229 cm³/mol. The van der Waals surface area contributed by atoms with Crippen LogP contribution in [0.25, 0.3) is 0 Å². The topological polar surface area (TPSA) is 78.9 Å². The van der Waals surface area contributed by atoms with Gasteiger partial charge in [0, 0.05) is 19.3 Å². The minimum Gasteiger partial charge on any atom is -0.462 e. The third kappa shape index (κ3) is 41.6. The lowest BCUT2D eigenvalue weighted by atomic mass is 10.0. The molecule has 0 rings (SSSR count). The zero-order valence-corrected chi connectivity index (χ0v) is 36.5. The van der Waals surface area contributed by atoms with Gasteiger partial charge in [-0.2, -0.15) is 0 Å². The summed E-state index contributed by atoms with van der Waals surface area (Å²) in [4.78, 5) is 37.7. The number of unbranched alkanes of at least 4 members (excludes halogenated alkanes) is 33. The van der Waals surface area contributed by atoms with Crippen LogP contribution in [0.5, 0.6) is 0 Å². The molecule has 0 aromatic carbocycles. The van der Waals surface area contributed by atoms with Gasteiger partial charge in [-0.15, -0.1) is 0 Å². The van der Waals surface area contributed by atoms with Gasteiger partial charge < -0.3 is 14.2 Å². The van der Waals surface area contributed by atoms with Crippen molar-refractivity contribution in [2.75, 3.05) is 13.2 Å². The number of hydrogen-bond donors (Lipinski definition) is 0. The Bertz CT molecular complexity index is 798. The molecule has 0 aromatic heterocycles. The highest BCUT2D eigenvalue weighted by molar-refractivity contribution is 5.71. The summed E-state index contributed by atoms with van der Waals surface area (Å²) < 4.78 is 16.7. The van der Waals surface area contributed by atoms with Crippen LogP contribution in [0, 0.1) is 0 Å². The summed E-state index contributed by atoms with van der Waals surface area (Å²) in [6.07, 6.45) is 45.1. The first kappa shape index (κ1) is 52.4. The summed E-state index contributed by atoms with van der Waals surface area (Å²) in [5.41, 5.74) is 0. The molecule has 0 heterocycles. The van der Waals surface area contributed by atoms with Crippen molar-refractivity contribution in [3.8, 4) is 0 Å². The van der Waals surface area contributed by atoms with Crippen molar-refractivity contribution in [3.05, 3.63) is 0 Å². The van der Waals surface area contributed by atoms with E-state index in [1.807, 2.05) is 0 Å². The zero-order chi connectivity index (χ0) is 39.4. The quantitative estimate of drug-likeness (QED) is 0.0349. The van der Waals surface area contributed by atoms with E-state index in [0.29, 0.717) is 19.3 Å². The summed E-state index contributed by atoms with van der Waals surface area (Å²) in [5, 5.41) is 0. The average Bonchev–Trinajstić information content (AvgIpc) is 3.17. The molecular weight excluding hydrogens is 673 g/mol. The molecule has 1 atom stereocenters. The van der Waals surface area contributed by atoms with Gasteiger partial charge in [0.05, 0.1) is 0 Å². The lowest BCUT2D eigenvalue weighted by Gasteiger charge is -2.18. The van der Waals surface area contributed by atoms with Crippen LogP contribution in [0.15, 0.2) is 0 Å². The fourth-order valence-corrected chi connectivity index (χ4v) is 7.21. The fourth-order valence-electron chi connectivity index (χ4n) is 7.21. The van der Waals surface area contributed by atoms with Gasteiger partial charge >= 0.3 is 17.9 Å². The molecule has 0 aliphatic heterocycles. The fraction of sp³-hybridized carbons (Fsp3) is 0.938. The Morgan fingerprint density at radius 2 is 0.500 bits per heavy atom. The second-order valence-electron chi connectivity index (χ2n) is 16.4. The van der Waals surface area contributed by atoms with Crippen molar-refractivity contribution in [2.45, 2.75) is 277 Å². The van der Waals surface area contributed by atoms with Crippen LogP contribution in [0.4, 0.5) is 0 Å². The Morgan fingerprint density at radius 1 is 0.296 bits per heavy atom. The number of esters is 3. The molecule has 0 unspecified atom stereocenters. The monoisotopic (exact) mass is 765 g/mol. The first-order chi connectivity index (χ1) is 26.5. The minimum absolute atomic E-state index is 0.0626. The van der Waals surface area contributed by atoms with E-state index in [4.69, 9.17) is 14.2 Å². The summed E-state index contributed by atoms with van der Waals surface area (Å²) in [6.45, 7) is 6.64. The van der Waals surface area contributed by atoms with Crippen LogP contribution in [0.3, 0.4) is 0 Å². The Morgan fingerprint density at radius 3 is 0.741 bits per heavy atom. The summed E-state index contributed by atoms with van der Waals surface area (Å²) in [5.74, 6) is -0.850. The van der Waals surface area contributed by atoms with Crippen LogP contribution in [-0.4, -0.2) is 37.2 Å². The van der Waals surface area contributed by atoms with Gasteiger partial charge in [-0.25, -0.2) is 0 Å². The highest BCUT2D eigenvalue weighted by Crippen LogP contribution is 2.16. The van der Waals surface area contributed by atoms with Gasteiger partial charge in [-0.3, -0.25) is 14.4 Å². The minimum atomic E-state index is -0.757. The normalized spacial score (nSPS) is 11.8. The smallest absolute Gasteiger partial charge is 0.306 e. The molecule has 0 N–H and O–H groups in total. The number of ether oxygens (including phenoxy) is 3. The van der Waals surface area contributed by atoms with E-state index in [1.165, 1.54) is 173 Å². The van der Waals surface area contributed by atoms with Crippen LogP contribution in [0.2, 0.25) is 0 Å². The maximum Gasteiger partial charge on any atom is 0.306 e. The molecule has 6 heteroatoms. The molecule has 0 aromatic rings. The van der Waals surface area contributed by atoms with Crippen LogP contribution in [-0.2, 0) is 28.6 Å². The lowest BCUT2D eigenvalue weighted by Crippen LogP contribution is -2.30. The summed E-state index contributed by atoms with van der Waals surface area (Å²) in [6, 6.07) is 0. The van der Waals surface area contributed by atoms with Gasteiger partial charge in [-0.05, 0) is 19.3 Å². The highest BCUT2D eigenvalue weighted by atomic mass is 16.6. The maximum absolute atomic E-state index is 12.7. The van der Waals surface area contributed by atoms with Crippen molar-refractivity contribution < 1.29 is 28.6 Å². The molecule has 0 saturated carbocycles. The Labute approximate surface area is 336 Å². The molecule has 0 aliphatic rings. The van der Waals surface area contributed by atoms with Gasteiger partial charge in [-0.1, -0.05) is 233 Å². The van der Waals surface area contributed by atoms with Crippen molar-refractivity contribution >= 4 is 17.9 Å². The van der Waals surface area contributed by atoms with E-state index >= 15 is 0 Å². The molecule has 0 fully saturated rings. The van der Waals surface area contributed by atoms with Crippen LogP contribution < -0.4 is 0 Å². The number of rotatable bonds is 44. The summed E-state index contributed by atoms with van der Waals surface area (Å²) >= 11 is 0. The number of carbonyl (C=O) groups is 3. The lowest BCUT2D eigenvalue weighted by molar-refractivity contribution is -0.167. The Balaban J connectivity index is 4.27. The third-order valence-electron chi connectivity index (χ3n) is 10.9. The Kier molecular flexibility index (Phi) is 42.8. The zero-order valence-electron chi connectivity index (χ0n) is 36.5. The number of carbonyl (C=O) groups excluding carboxylic acids is 3. The maximum atomic E-state index is 12.7. The SMILES string of the molecule is CCCCCCCCCCCCCCCCCCC(=O)O[C@H](COC(=O)CCCCCCCCCCC)COC(=O)CCCCCCCCCCCCC. The molecule has 0 bridgehead atoms. The van der Waals surface area contributed by atoms with E-state index in [-0.39, 0.29) is 31.1 Å². The van der Waals surface area contributed by atoms with E-state index in [2.05, 4.69) is 20.8 Å². The van der Waals surface area contributed by atoms with Crippen LogP contribution >= 0.6 is 0 Å². The molecule has 320 valence electrons. The summed E-state index contributed by atoms with van der Waals surface area (Å²) in [7, 11) is 0. The molecule has 0 saturated heterocycles. The standard InChI is InChI=1S/C48H92O6/c1-4-7-10-13-16-19-21-22-23-24-25-27-30-33-36-39-42-48(51)54-45(43-52-46(49)40-37-34-31-28-18-15-12-9-6-3)44-53-47(50)41-38-35-32-29-26-20-17-14-11-8-5-2/h45H,4-44H2,1-3H3/t45-/m1/s1. The van der Waals surface area contributed by atoms with E-state index in [9.17, 15) is 14.4 Å². The van der Waals surface area contributed by atoms with Gasteiger partial charge in [0.25, 0.3) is 0 Å². The average molecular weight is 765 g/mol. The third-order valence-corrected chi connectivity index (χ3v) is 10.9. The van der Waals surface area contributed by atoms with Gasteiger partial charge in [0.1, 0.15) is 13.2 Å². The molecular formula is C48H92O6. The van der Waals surface area contributed by atoms with E-state index < -0.39 is 6.10 Å². The largest absolute Gasteiger partial charge is 0.462 e. The molecule has 0 aliphatic carbocycles. The van der Waals surface area contributed by atoms with Gasteiger partial charge in [0.15, 0.2) is 6.10 Å². The predicted octanol–water partition coefficient (Wildman–Crippen LogP) is 15.3. The molecule has 0 spiro atoms. The van der Waals surface area contributed by atoms with Crippen molar-refractivity contribution in [1.82, 2.24) is 0 Å². The van der Waals surface area contributed by atoms with E-state index in [0.717, 1.165) is 57.8 Å². The van der Waals surface area contributed by atoms with Gasteiger partial charge in [0.2, 0.25) is 0 Å². The van der Waals surface area contributed by atoms with Crippen LogP contribution in [0.1, 0.15) is 271 Å². The molecule has 6 nitrogen and oxygen atoms in total. The number of hydrogen-bond acceptors (Lipinski definition) is 6. The molecule has 0 amide bonds. The second-order valence-corrected chi connectivity index (χ2v) is 16.4.